The van der Waals surface area contributed by atoms with Gasteiger partial charge in [0, 0.05) is 4.90 Å². The number of ether oxygens (including phenoxy) is 1. The van der Waals surface area contributed by atoms with Crippen molar-refractivity contribution in [1.82, 2.24) is 0 Å². The molecule has 0 unspecified atom stereocenters. The van der Waals surface area contributed by atoms with E-state index in [1.807, 2.05) is 6.92 Å². The summed E-state index contributed by atoms with van der Waals surface area (Å²) in [6, 6.07) is 1.68. The lowest BCUT2D eigenvalue weighted by molar-refractivity contribution is 0.0692. The molecule has 0 fully saturated rings. The molecular formula is C10H12O3S. The molecule has 4 heteroatoms. The van der Waals surface area contributed by atoms with Crippen molar-refractivity contribution in [3.8, 4) is 5.75 Å². The van der Waals surface area contributed by atoms with Crippen molar-refractivity contribution < 1.29 is 14.6 Å². The first-order chi connectivity index (χ1) is 6.49. The van der Waals surface area contributed by atoms with E-state index in [2.05, 4.69) is 12.6 Å². The largest absolute Gasteiger partial charge is 0.496 e. The summed E-state index contributed by atoms with van der Waals surface area (Å²) in [6.07, 6.45) is 0. The minimum absolute atomic E-state index is 0.183. The maximum Gasteiger partial charge on any atom is 0.339 e. The average Bonchev–Trinajstić information content (AvgIpc) is 2.12. The van der Waals surface area contributed by atoms with Gasteiger partial charge in [0.05, 0.1) is 7.11 Å². The summed E-state index contributed by atoms with van der Waals surface area (Å²) < 4.78 is 5.01. The number of hydrogen-bond acceptors (Lipinski definition) is 3. The molecule has 1 N–H and O–H groups in total. The standard InChI is InChI=1S/C10H12O3S/c1-5-4-7(13-3)8(10(11)12)6(2)9(5)14/h4,14H,1-3H3,(H,11,12). The van der Waals surface area contributed by atoms with E-state index < -0.39 is 5.97 Å². The van der Waals surface area contributed by atoms with Crippen LogP contribution in [0, 0.1) is 13.8 Å². The first-order valence-corrected chi connectivity index (χ1v) is 4.54. The number of benzene rings is 1. The fourth-order valence-corrected chi connectivity index (χ4v) is 1.54. The Morgan fingerprint density at radius 3 is 2.50 bits per heavy atom. The topological polar surface area (TPSA) is 46.5 Å². The molecule has 0 aromatic heterocycles. The first kappa shape index (κ1) is 10.9. The van der Waals surface area contributed by atoms with Crippen LogP contribution in [0.15, 0.2) is 11.0 Å². The van der Waals surface area contributed by atoms with Crippen LogP contribution in [0.1, 0.15) is 21.5 Å². The Bertz CT molecular complexity index is 385. The van der Waals surface area contributed by atoms with Gasteiger partial charge in [-0.05, 0) is 31.0 Å². The second-order valence-corrected chi connectivity index (χ2v) is 3.50. The maximum absolute atomic E-state index is 11.0. The Morgan fingerprint density at radius 2 is 2.07 bits per heavy atom. The molecule has 0 amide bonds. The molecule has 1 aromatic carbocycles. The van der Waals surface area contributed by atoms with Crippen LogP contribution in [0.2, 0.25) is 0 Å². The highest BCUT2D eigenvalue weighted by molar-refractivity contribution is 7.80. The minimum atomic E-state index is -0.991. The van der Waals surface area contributed by atoms with Gasteiger partial charge in [-0.2, -0.15) is 0 Å². The number of aryl methyl sites for hydroxylation is 1. The minimum Gasteiger partial charge on any atom is -0.496 e. The van der Waals surface area contributed by atoms with E-state index in [0.29, 0.717) is 16.2 Å². The molecule has 0 heterocycles. The van der Waals surface area contributed by atoms with Gasteiger partial charge >= 0.3 is 5.97 Å². The van der Waals surface area contributed by atoms with Gasteiger partial charge in [-0.3, -0.25) is 0 Å². The molecule has 1 rings (SSSR count). The van der Waals surface area contributed by atoms with Crippen LogP contribution in [-0.2, 0) is 0 Å². The summed E-state index contributed by atoms with van der Waals surface area (Å²) in [5, 5.41) is 8.98. The highest BCUT2D eigenvalue weighted by Crippen LogP contribution is 2.30. The van der Waals surface area contributed by atoms with Crippen LogP contribution in [0.4, 0.5) is 0 Å². The smallest absolute Gasteiger partial charge is 0.339 e. The van der Waals surface area contributed by atoms with E-state index in [0.717, 1.165) is 5.56 Å². The third-order valence-electron chi connectivity index (χ3n) is 2.13. The van der Waals surface area contributed by atoms with E-state index >= 15 is 0 Å². The molecule has 0 spiro atoms. The second-order valence-electron chi connectivity index (χ2n) is 3.05. The molecule has 14 heavy (non-hydrogen) atoms. The number of carboxylic acid groups (broad SMARTS) is 1. The lowest BCUT2D eigenvalue weighted by Gasteiger charge is -2.12. The highest BCUT2D eigenvalue weighted by Gasteiger charge is 2.17. The fourth-order valence-electron chi connectivity index (χ4n) is 1.36. The number of carboxylic acids is 1. The van der Waals surface area contributed by atoms with E-state index in [1.54, 1.807) is 13.0 Å². The molecule has 76 valence electrons. The third kappa shape index (κ3) is 1.70. The summed E-state index contributed by atoms with van der Waals surface area (Å²) in [4.78, 5) is 11.6. The summed E-state index contributed by atoms with van der Waals surface area (Å²) >= 11 is 4.24. The van der Waals surface area contributed by atoms with Gasteiger partial charge in [-0.25, -0.2) is 4.79 Å². The highest BCUT2D eigenvalue weighted by atomic mass is 32.1. The summed E-state index contributed by atoms with van der Waals surface area (Å²) in [5.41, 5.74) is 1.73. The van der Waals surface area contributed by atoms with Crippen molar-refractivity contribution in [2.75, 3.05) is 7.11 Å². The number of aromatic carboxylic acids is 1. The van der Waals surface area contributed by atoms with Crippen molar-refractivity contribution in [3.63, 3.8) is 0 Å². The Morgan fingerprint density at radius 1 is 1.50 bits per heavy atom. The quantitative estimate of drug-likeness (QED) is 0.739. The second kappa shape index (κ2) is 3.92. The molecule has 0 aliphatic heterocycles. The van der Waals surface area contributed by atoms with Gasteiger partial charge in [0.1, 0.15) is 11.3 Å². The van der Waals surface area contributed by atoms with Crippen molar-refractivity contribution in [1.29, 1.82) is 0 Å². The van der Waals surface area contributed by atoms with Crippen LogP contribution in [-0.4, -0.2) is 18.2 Å². The normalized spacial score (nSPS) is 10.0. The zero-order chi connectivity index (χ0) is 10.9. The predicted octanol–water partition coefficient (Wildman–Crippen LogP) is 2.30. The third-order valence-corrected chi connectivity index (χ3v) is 2.82. The van der Waals surface area contributed by atoms with Crippen molar-refractivity contribution >= 4 is 18.6 Å². The van der Waals surface area contributed by atoms with Gasteiger partial charge in [0.2, 0.25) is 0 Å². The molecule has 0 saturated carbocycles. The van der Waals surface area contributed by atoms with E-state index in [1.165, 1.54) is 7.11 Å². The Balaban J connectivity index is 3.53. The molecule has 0 aliphatic carbocycles. The van der Waals surface area contributed by atoms with Gasteiger partial charge < -0.3 is 9.84 Å². The van der Waals surface area contributed by atoms with E-state index in [9.17, 15) is 4.79 Å². The van der Waals surface area contributed by atoms with Gasteiger partial charge in [0.15, 0.2) is 0 Å². The predicted molar refractivity (Wildman–Crippen MR) is 56.7 cm³/mol. The van der Waals surface area contributed by atoms with Crippen LogP contribution in [0.25, 0.3) is 0 Å². The Labute approximate surface area is 88.1 Å². The number of hydrogen-bond donors (Lipinski definition) is 2. The van der Waals surface area contributed by atoms with Crippen molar-refractivity contribution in [2.45, 2.75) is 18.7 Å². The van der Waals surface area contributed by atoms with E-state index in [4.69, 9.17) is 9.84 Å². The zero-order valence-corrected chi connectivity index (χ0v) is 9.18. The summed E-state index contributed by atoms with van der Waals surface area (Å²) in [6.45, 7) is 3.59. The number of rotatable bonds is 2. The average molecular weight is 212 g/mol. The Kier molecular flexibility index (Phi) is 3.06. The van der Waals surface area contributed by atoms with Crippen LogP contribution < -0.4 is 4.74 Å². The molecule has 1 aromatic rings. The van der Waals surface area contributed by atoms with Gasteiger partial charge in [-0.1, -0.05) is 0 Å². The van der Waals surface area contributed by atoms with E-state index in [-0.39, 0.29) is 5.56 Å². The van der Waals surface area contributed by atoms with Gasteiger partial charge in [-0.15, -0.1) is 12.6 Å². The fraction of sp³-hybridized carbons (Fsp3) is 0.300. The molecule has 0 radical (unpaired) electrons. The van der Waals surface area contributed by atoms with Crippen molar-refractivity contribution in [2.24, 2.45) is 0 Å². The SMILES string of the molecule is COc1cc(C)c(S)c(C)c1C(=O)O. The first-order valence-electron chi connectivity index (χ1n) is 4.09. The number of carbonyl (C=O) groups is 1. The molecular weight excluding hydrogens is 200 g/mol. The lowest BCUT2D eigenvalue weighted by atomic mass is 10.0. The zero-order valence-electron chi connectivity index (χ0n) is 8.29. The Hall–Kier alpha value is -1.16. The molecule has 3 nitrogen and oxygen atoms in total. The molecule has 0 bridgehead atoms. The van der Waals surface area contributed by atoms with Crippen LogP contribution in [0.5, 0.6) is 5.75 Å². The number of thiol groups is 1. The number of methoxy groups -OCH3 is 1. The van der Waals surface area contributed by atoms with Crippen LogP contribution >= 0.6 is 12.6 Å². The summed E-state index contributed by atoms with van der Waals surface area (Å²) in [5.74, 6) is -0.611. The summed E-state index contributed by atoms with van der Waals surface area (Å²) in [7, 11) is 1.46. The molecule has 0 atom stereocenters. The van der Waals surface area contributed by atoms with Crippen molar-refractivity contribution in [3.05, 3.63) is 22.8 Å². The monoisotopic (exact) mass is 212 g/mol. The lowest BCUT2D eigenvalue weighted by Crippen LogP contribution is -2.05. The van der Waals surface area contributed by atoms with Gasteiger partial charge in [0.25, 0.3) is 0 Å². The molecule has 0 saturated heterocycles. The molecule has 0 aliphatic rings. The maximum atomic E-state index is 11.0. The van der Waals surface area contributed by atoms with Crippen LogP contribution in [0.3, 0.4) is 0 Å².